The molecule has 0 spiro atoms. The molecule has 5 rings (SSSR count). The smallest absolute Gasteiger partial charge is 0.353 e. The number of alkyl halides is 3. The predicted molar refractivity (Wildman–Crippen MR) is 97.6 cm³/mol. The Labute approximate surface area is 146 Å². The summed E-state index contributed by atoms with van der Waals surface area (Å²) < 4.78 is 41.1. The molecule has 0 aliphatic rings. The van der Waals surface area contributed by atoms with Crippen molar-refractivity contribution in [2.75, 3.05) is 0 Å². The van der Waals surface area contributed by atoms with Crippen LogP contribution in [0.15, 0.2) is 72.9 Å². The van der Waals surface area contributed by atoms with Gasteiger partial charge in [0.25, 0.3) is 0 Å². The number of benzene rings is 3. The van der Waals surface area contributed by atoms with Crippen LogP contribution >= 0.6 is 0 Å². The average molecular weight is 350 g/mol. The van der Waals surface area contributed by atoms with Gasteiger partial charge in [0.05, 0.1) is 16.6 Å². The van der Waals surface area contributed by atoms with E-state index in [1.807, 2.05) is 53.2 Å². The Morgan fingerprint density at radius 3 is 2.50 bits per heavy atom. The first-order valence-electron chi connectivity index (χ1n) is 8.20. The van der Waals surface area contributed by atoms with Crippen LogP contribution in [0.1, 0.15) is 5.56 Å². The summed E-state index contributed by atoms with van der Waals surface area (Å²) in [5.41, 5.74) is 2.64. The van der Waals surface area contributed by atoms with Crippen LogP contribution in [-0.4, -0.2) is 9.55 Å². The molecule has 0 saturated carbocycles. The highest BCUT2D eigenvalue weighted by Gasteiger charge is 2.30. The van der Waals surface area contributed by atoms with Crippen molar-refractivity contribution in [2.24, 2.45) is 0 Å². The van der Waals surface area contributed by atoms with E-state index in [-0.39, 0.29) is 0 Å². The Kier molecular flexibility index (Phi) is 2.98. The molecule has 0 amide bonds. The third-order valence-corrected chi connectivity index (χ3v) is 4.78. The lowest BCUT2D eigenvalue weighted by Gasteiger charge is -2.11. The highest BCUT2D eigenvalue weighted by Crippen LogP contribution is 2.35. The third-order valence-electron chi connectivity index (χ3n) is 4.78. The maximum absolute atomic E-state index is 13.1. The van der Waals surface area contributed by atoms with E-state index in [0.717, 1.165) is 38.8 Å². The van der Waals surface area contributed by atoms with Gasteiger partial charge in [-0.15, -0.1) is 0 Å². The zero-order chi connectivity index (χ0) is 17.9. The van der Waals surface area contributed by atoms with Gasteiger partial charge in [0.2, 0.25) is 0 Å². The highest BCUT2D eigenvalue weighted by molar-refractivity contribution is 6.16. The van der Waals surface area contributed by atoms with Crippen LogP contribution in [0.2, 0.25) is 0 Å². The second-order valence-electron chi connectivity index (χ2n) is 6.33. The summed E-state index contributed by atoms with van der Waals surface area (Å²) >= 11 is 0. The van der Waals surface area contributed by atoms with Crippen LogP contribution in [0.5, 0.6) is 0 Å². The lowest BCUT2D eigenvalue weighted by atomic mass is 10.1. The molecule has 3 aromatic carbocycles. The van der Waals surface area contributed by atoms with Gasteiger partial charge in [0.1, 0.15) is 0 Å². The van der Waals surface area contributed by atoms with E-state index in [9.17, 15) is 13.2 Å². The molecule has 2 aromatic heterocycles. The highest BCUT2D eigenvalue weighted by atomic mass is 19.4. The van der Waals surface area contributed by atoms with E-state index < -0.39 is 11.7 Å². The van der Waals surface area contributed by atoms with Gasteiger partial charge in [-0.1, -0.05) is 36.4 Å². The second kappa shape index (κ2) is 5.14. The number of H-pyrrole nitrogens is 1. The largest absolute Gasteiger partial charge is 0.416 e. The van der Waals surface area contributed by atoms with E-state index in [1.165, 1.54) is 12.1 Å². The van der Waals surface area contributed by atoms with Gasteiger partial charge in [-0.05, 0) is 30.3 Å². The van der Waals surface area contributed by atoms with Gasteiger partial charge in [-0.25, -0.2) is 0 Å². The standard InChI is InChI=1S/C21H13F3N2/c22-21(23,24)14-4-3-5-15(12-14)26-11-10-13-8-9-17-16-6-1-2-7-18(16)25-19(17)20(13)26/h1-12,25H. The molecule has 0 radical (unpaired) electrons. The number of aromatic amines is 1. The molecule has 0 saturated heterocycles. The zero-order valence-electron chi connectivity index (χ0n) is 13.5. The Morgan fingerprint density at radius 2 is 1.65 bits per heavy atom. The minimum absolute atomic E-state index is 0.487. The lowest BCUT2D eigenvalue weighted by molar-refractivity contribution is -0.137. The fourth-order valence-electron chi connectivity index (χ4n) is 3.59. The topological polar surface area (TPSA) is 20.7 Å². The number of halogens is 3. The first-order valence-corrected chi connectivity index (χ1v) is 8.20. The van der Waals surface area contributed by atoms with Gasteiger partial charge in [0.15, 0.2) is 0 Å². The van der Waals surface area contributed by atoms with Crippen LogP contribution < -0.4 is 0 Å². The van der Waals surface area contributed by atoms with Crippen LogP contribution in [0.3, 0.4) is 0 Å². The molecule has 128 valence electrons. The van der Waals surface area contributed by atoms with Gasteiger partial charge < -0.3 is 9.55 Å². The third kappa shape index (κ3) is 2.13. The fourth-order valence-corrected chi connectivity index (χ4v) is 3.59. The summed E-state index contributed by atoms with van der Waals surface area (Å²) in [5.74, 6) is 0. The monoisotopic (exact) mass is 350 g/mol. The number of rotatable bonds is 1. The second-order valence-corrected chi connectivity index (χ2v) is 6.33. The van der Waals surface area contributed by atoms with Gasteiger partial charge in [-0.2, -0.15) is 13.2 Å². The van der Waals surface area contributed by atoms with E-state index in [4.69, 9.17) is 0 Å². The number of nitrogens with zero attached hydrogens (tertiary/aromatic N) is 1. The summed E-state index contributed by atoms with van der Waals surface area (Å²) in [6, 6.07) is 19.3. The van der Waals surface area contributed by atoms with Crippen molar-refractivity contribution in [1.82, 2.24) is 9.55 Å². The van der Waals surface area contributed by atoms with Crippen LogP contribution in [-0.2, 0) is 6.18 Å². The van der Waals surface area contributed by atoms with Crippen molar-refractivity contribution in [3.8, 4) is 5.69 Å². The Morgan fingerprint density at radius 1 is 0.808 bits per heavy atom. The van der Waals surface area contributed by atoms with Crippen molar-refractivity contribution in [3.63, 3.8) is 0 Å². The lowest BCUT2D eigenvalue weighted by Crippen LogP contribution is -2.05. The molecule has 5 aromatic rings. The molecule has 0 bridgehead atoms. The Bertz CT molecular complexity index is 1280. The van der Waals surface area contributed by atoms with E-state index in [2.05, 4.69) is 4.98 Å². The molecule has 0 unspecified atom stereocenters. The zero-order valence-corrected chi connectivity index (χ0v) is 13.5. The molecule has 2 heterocycles. The van der Waals surface area contributed by atoms with Crippen molar-refractivity contribution in [2.45, 2.75) is 6.18 Å². The molecular weight excluding hydrogens is 337 g/mol. The number of hydrogen-bond acceptors (Lipinski definition) is 0. The molecule has 5 heteroatoms. The minimum Gasteiger partial charge on any atom is -0.353 e. The summed E-state index contributed by atoms with van der Waals surface area (Å²) in [5, 5.41) is 3.13. The number of aromatic nitrogens is 2. The predicted octanol–water partition coefficient (Wildman–Crippen LogP) is 6.28. The minimum atomic E-state index is -4.37. The number of nitrogens with one attached hydrogen (secondary N) is 1. The van der Waals surface area contributed by atoms with Crippen LogP contribution in [0.25, 0.3) is 38.4 Å². The van der Waals surface area contributed by atoms with Crippen molar-refractivity contribution >= 4 is 32.7 Å². The fraction of sp³-hybridized carbons (Fsp3) is 0.0476. The van der Waals surface area contributed by atoms with Gasteiger partial charge in [0, 0.05) is 33.6 Å². The Balaban J connectivity index is 1.84. The van der Waals surface area contributed by atoms with E-state index >= 15 is 0 Å². The number of hydrogen-bond donors (Lipinski definition) is 1. The van der Waals surface area contributed by atoms with Gasteiger partial charge >= 0.3 is 6.18 Å². The number of para-hydroxylation sites is 1. The molecule has 0 aliphatic carbocycles. The number of fused-ring (bicyclic) bond motifs is 5. The molecule has 1 N–H and O–H groups in total. The maximum Gasteiger partial charge on any atom is 0.416 e. The normalized spacial score (nSPS) is 12.4. The molecule has 0 aliphatic heterocycles. The van der Waals surface area contributed by atoms with E-state index in [1.54, 1.807) is 6.07 Å². The summed E-state index contributed by atoms with van der Waals surface area (Å²) in [6.45, 7) is 0. The average Bonchev–Trinajstić information content (AvgIpc) is 3.22. The SMILES string of the molecule is FC(F)(F)c1cccc(-n2ccc3ccc4c5ccccc5[nH]c4c32)c1. The maximum atomic E-state index is 13.1. The molecular formula is C21H13F3N2. The van der Waals surface area contributed by atoms with Crippen molar-refractivity contribution in [1.29, 1.82) is 0 Å². The first-order chi connectivity index (χ1) is 12.5. The van der Waals surface area contributed by atoms with Crippen LogP contribution in [0, 0.1) is 0 Å². The summed E-state index contributed by atoms with van der Waals surface area (Å²) in [4.78, 5) is 3.42. The molecule has 26 heavy (non-hydrogen) atoms. The van der Waals surface area contributed by atoms with Gasteiger partial charge in [-0.3, -0.25) is 0 Å². The van der Waals surface area contributed by atoms with Crippen molar-refractivity contribution in [3.05, 3.63) is 78.5 Å². The van der Waals surface area contributed by atoms with Crippen LogP contribution in [0.4, 0.5) is 13.2 Å². The van der Waals surface area contributed by atoms with E-state index in [0.29, 0.717) is 5.69 Å². The van der Waals surface area contributed by atoms with Crippen molar-refractivity contribution < 1.29 is 13.2 Å². The molecule has 0 fully saturated rings. The summed E-state index contributed by atoms with van der Waals surface area (Å²) in [6.07, 6.45) is -2.56. The Hall–Kier alpha value is -3.21. The summed E-state index contributed by atoms with van der Waals surface area (Å²) in [7, 11) is 0. The molecule has 2 nitrogen and oxygen atoms in total. The first kappa shape index (κ1) is 15.1. The quantitative estimate of drug-likeness (QED) is 0.367. The molecule has 0 atom stereocenters.